The summed E-state index contributed by atoms with van der Waals surface area (Å²) >= 11 is 5.70. The summed E-state index contributed by atoms with van der Waals surface area (Å²) in [4.78, 5) is 24.0. The molecule has 0 spiro atoms. The van der Waals surface area contributed by atoms with Gasteiger partial charge in [0.25, 0.3) is 5.91 Å². The van der Waals surface area contributed by atoms with Crippen LogP contribution in [0.4, 0.5) is 0 Å². The van der Waals surface area contributed by atoms with E-state index < -0.39 is 11.7 Å². The lowest BCUT2D eigenvalue weighted by atomic mass is 10.1. The number of amides is 1. The van der Waals surface area contributed by atoms with Gasteiger partial charge in [0.1, 0.15) is 0 Å². The van der Waals surface area contributed by atoms with Crippen LogP contribution in [0, 0.1) is 0 Å². The van der Waals surface area contributed by atoms with Gasteiger partial charge in [-0.05, 0) is 12.1 Å². The van der Waals surface area contributed by atoms with Crippen LogP contribution in [0.15, 0.2) is 24.3 Å². The highest BCUT2D eigenvalue weighted by molar-refractivity contribution is 6.43. The van der Waals surface area contributed by atoms with Gasteiger partial charge in [-0.15, -0.1) is 0 Å². The van der Waals surface area contributed by atoms with Gasteiger partial charge in [0.15, 0.2) is 0 Å². The summed E-state index contributed by atoms with van der Waals surface area (Å²) in [5.74, 6) is -1.09. The molecule has 0 aliphatic carbocycles. The van der Waals surface area contributed by atoms with E-state index in [0.29, 0.717) is 10.6 Å². The molecule has 74 valence electrons. The third-order valence-electron chi connectivity index (χ3n) is 1.69. The molecule has 3 nitrogen and oxygen atoms in total. The molecule has 0 radical (unpaired) electrons. The summed E-state index contributed by atoms with van der Waals surface area (Å²) in [5.41, 5.74) is 0.316. The minimum Gasteiger partial charge on any atom is -0.342 e. The Morgan fingerprint density at radius 2 is 1.93 bits per heavy atom. The Bertz CT molecular complexity index is 374. The fourth-order valence-corrected chi connectivity index (χ4v) is 1.15. The lowest BCUT2D eigenvalue weighted by Crippen LogP contribution is -2.29. The monoisotopic (exact) mass is 211 g/mol. The van der Waals surface area contributed by atoms with Crippen LogP contribution in [0.2, 0.25) is 5.02 Å². The molecule has 0 aliphatic rings. The minimum atomic E-state index is -0.549. The standard InChI is InChI=1S/C10H10ClNO2/c1-12(2)10(14)9(13)7-4-3-5-8(11)6-7/h3-6H,1-2H3. The van der Waals surface area contributed by atoms with E-state index in [9.17, 15) is 9.59 Å². The average Bonchev–Trinajstić information content (AvgIpc) is 2.15. The maximum absolute atomic E-state index is 11.5. The van der Waals surface area contributed by atoms with Crippen molar-refractivity contribution in [3.05, 3.63) is 34.9 Å². The zero-order chi connectivity index (χ0) is 10.7. The van der Waals surface area contributed by atoms with Crippen LogP contribution in [-0.4, -0.2) is 30.7 Å². The lowest BCUT2D eigenvalue weighted by Gasteiger charge is -2.08. The van der Waals surface area contributed by atoms with Crippen molar-refractivity contribution in [2.24, 2.45) is 0 Å². The number of rotatable bonds is 2. The summed E-state index contributed by atoms with van der Waals surface area (Å²) < 4.78 is 0. The van der Waals surface area contributed by atoms with E-state index in [2.05, 4.69) is 0 Å². The number of benzene rings is 1. The number of nitrogens with zero attached hydrogens (tertiary/aromatic N) is 1. The molecule has 1 amide bonds. The van der Waals surface area contributed by atoms with Gasteiger partial charge in [0, 0.05) is 24.7 Å². The topological polar surface area (TPSA) is 37.4 Å². The molecule has 1 aromatic carbocycles. The van der Waals surface area contributed by atoms with Crippen LogP contribution >= 0.6 is 11.6 Å². The Labute approximate surface area is 87.3 Å². The fourth-order valence-electron chi connectivity index (χ4n) is 0.956. The molecule has 0 aromatic heterocycles. The first-order valence-electron chi connectivity index (χ1n) is 4.04. The first-order chi connectivity index (χ1) is 6.52. The number of Topliss-reactive ketones (excluding diaryl/α,β-unsaturated/α-hetero) is 1. The van der Waals surface area contributed by atoms with Gasteiger partial charge in [-0.2, -0.15) is 0 Å². The second-order valence-corrected chi connectivity index (χ2v) is 3.48. The third kappa shape index (κ3) is 2.33. The van der Waals surface area contributed by atoms with Gasteiger partial charge in [0.05, 0.1) is 0 Å². The molecule has 0 atom stereocenters. The van der Waals surface area contributed by atoms with Gasteiger partial charge < -0.3 is 4.90 Å². The number of ketones is 1. The lowest BCUT2D eigenvalue weighted by molar-refractivity contribution is -0.124. The van der Waals surface area contributed by atoms with Crippen molar-refractivity contribution in [2.45, 2.75) is 0 Å². The van der Waals surface area contributed by atoms with Crippen LogP contribution in [0.25, 0.3) is 0 Å². The minimum absolute atomic E-state index is 0.316. The highest BCUT2D eigenvalue weighted by Gasteiger charge is 2.17. The van der Waals surface area contributed by atoms with E-state index in [1.165, 1.54) is 25.1 Å². The van der Waals surface area contributed by atoms with Crippen molar-refractivity contribution in [2.75, 3.05) is 14.1 Å². The van der Waals surface area contributed by atoms with Gasteiger partial charge >= 0.3 is 0 Å². The summed E-state index contributed by atoms with van der Waals surface area (Å²) in [6, 6.07) is 6.33. The summed E-state index contributed by atoms with van der Waals surface area (Å²) in [7, 11) is 3.07. The highest BCUT2D eigenvalue weighted by atomic mass is 35.5. The van der Waals surface area contributed by atoms with Crippen LogP contribution in [0.3, 0.4) is 0 Å². The van der Waals surface area contributed by atoms with E-state index in [1.54, 1.807) is 18.2 Å². The van der Waals surface area contributed by atoms with Gasteiger partial charge in [-0.1, -0.05) is 23.7 Å². The van der Waals surface area contributed by atoms with Crippen molar-refractivity contribution in [3.8, 4) is 0 Å². The number of halogens is 1. The Hall–Kier alpha value is -1.35. The van der Waals surface area contributed by atoms with Crippen molar-refractivity contribution < 1.29 is 9.59 Å². The van der Waals surface area contributed by atoms with E-state index in [4.69, 9.17) is 11.6 Å². The van der Waals surface area contributed by atoms with Crippen LogP contribution < -0.4 is 0 Å². The van der Waals surface area contributed by atoms with E-state index in [0.717, 1.165) is 0 Å². The molecule has 4 heteroatoms. The normalized spacial score (nSPS) is 9.64. The van der Waals surface area contributed by atoms with Crippen molar-refractivity contribution in [3.63, 3.8) is 0 Å². The SMILES string of the molecule is CN(C)C(=O)C(=O)c1cccc(Cl)c1. The van der Waals surface area contributed by atoms with Crippen molar-refractivity contribution in [1.82, 2.24) is 4.90 Å². The van der Waals surface area contributed by atoms with E-state index in [-0.39, 0.29) is 0 Å². The molecule has 0 saturated carbocycles. The van der Waals surface area contributed by atoms with Crippen LogP contribution in [0.5, 0.6) is 0 Å². The maximum Gasteiger partial charge on any atom is 0.294 e. The Morgan fingerprint density at radius 3 is 2.43 bits per heavy atom. The predicted molar refractivity (Wildman–Crippen MR) is 54.5 cm³/mol. The van der Waals surface area contributed by atoms with Crippen LogP contribution in [0.1, 0.15) is 10.4 Å². The molecule has 0 aliphatic heterocycles. The van der Waals surface area contributed by atoms with Gasteiger partial charge in [-0.3, -0.25) is 9.59 Å². The van der Waals surface area contributed by atoms with Crippen molar-refractivity contribution >= 4 is 23.3 Å². The maximum atomic E-state index is 11.5. The molecule has 0 bridgehead atoms. The Kier molecular flexibility index (Phi) is 3.25. The molecule has 0 N–H and O–H groups in total. The molecular formula is C10H10ClNO2. The second-order valence-electron chi connectivity index (χ2n) is 3.04. The zero-order valence-corrected chi connectivity index (χ0v) is 8.71. The highest BCUT2D eigenvalue weighted by Crippen LogP contribution is 2.11. The molecule has 1 rings (SSSR count). The summed E-state index contributed by atoms with van der Waals surface area (Å²) in [6.07, 6.45) is 0. The second kappa shape index (κ2) is 4.24. The van der Waals surface area contributed by atoms with Gasteiger partial charge in [0.2, 0.25) is 5.78 Å². The largest absolute Gasteiger partial charge is 0.342 e. The molecular weight excluding hydrogens is 202 g/mol. The zero-order valence-electron chi connectivity index (χ0n) is 7.95. The fraction of sp³-hybridized carbons (Fsp3) is 0.200. The number of carbonyl (C=O) groups excluding carboxylic acids is 2. The molecule has 0 fully saturated rings. The summed E-state index contributed by atoms with van der Waals surface area (Å²) in [6.45, 7) is 0. The number of hydrogen-bond donors (Lipinski definition) is 0. The molecule has 14 heavy (non-hydrogen) atoms. The Morgan fingerprint density at radius 1 is 1.29 bits per heavy atom. The van der Waals surface area contributed by atoms with E-state index >= 15 is 0 Å². The van der Waals surface area contributed by atoms with Gasteiger partial charge in [-0.25, -0.2) is 0 Å². The average molecular weight is 212 g/mol. The summed E-state index contributed by atoms with van der Waals surface area (Å²) in [5, 5.41) is 0.447. The quantitative estimate of drug-likeness (QED) is 0.551. The predicted octanol–water partition coefficient (Wildman–Crippen LogP) is 1.61. The molecule has 1 aromatic rings. The molecule has 0 unspecified atom stereocenters. The molecule has 0 saturated heterocycles. The first-order valence-corrected chi connectivity index (χ1v) is 4.41. The van der Waals surface area contributed by atoms with Crippen LogP contribution in [-0.2, 0) is 4.79 Å². The number of carbonyl (C=O) groups is 2. The smallest absolute Gasteiger partial charge is 0.294 e. The van der Waals surface area contributed by atoms with E-state index in [1.807, 2.05) is 0 Å². The molecule has 0 heterocycles. The third-order valence-corrected chi connectivity index (χ3v) is 1.92. The first kappa shape index (κ1) is 10.7. The number of likely N-dealkylation sites (N-methyl/N-ethyl adjacent to an activating group) is 1. The Balaban J connectivity index is 2.95. The van der Waals surface area contributed by atoms with Crippen molar-refractivity contribution in [1.29, 1.82) is 0 Å². The number of hydrogen-bond acceptors (Lipinski definition) is 2.